The van der Waals surface area contributed by atoms with Crippen molar-refractivity contribution in [2.75, 3.05) is 9.80 Å². The standard InChI is InChI=1S/C21H14N2O4S2/c1-11(24)13-7-9-14(10-8-13)23-20(27)18(29-21(23)28)17-15-5-3-4-6-16(15)22(12(2)25)19(17)26/h3-10H,1-2H3/b18-17-. The van der Waals surface area contributed by atoms with Crippen LogP contribution in [0.15, 0.2) is 53.4 Å². The highest BCUT2D eigenvalue weighted by molar-refractivity contribution is 8.27. The van der Waals surface area contributed by atoms with Crippen LogP contribution in [0, 0.1) is 0 Å². The molecule has 8 heteroatoms. The molecule has 0 radical (unpaired) electrons. The number of amides is 3. The van der Waals surface area contributed by atoms with Crippen LogP contribution in [-0.2, 0) is 14.4 Å². The molecule has 0 N–H and O–H groups in total. The molecule has 0 saturated carbocycles. The molecule has 0 unspecified atom stereocenters. The van der Waals surface area contributed by atoms with Gasteiger partial charge in [-0.05, 0) is 37.3 Å². The molecule has 4 rings (SSSR count). The molecule has 29 heavy (non-hydrogen) atoms. The zero-order chi connectivity index (χ0) is 20.9. The van der Waals surface area contributed by atoms with Gasteiger partial charge in [0, 0.05) is 18.1 Å². The third kappa shape index (κ3) is 3.01. The van der Waals surface area contributed by atoms with Crippen LogP contribution in [0.4, 0.5) is 11.4 Å². The first-order valence-electron chi connectivity index (χ1n) is 8.67. The summed E-state index contributed by atoms with van der Waals surface area (Å²) >= 11 is 6.42. The molecule has 0 aromatic heterocycles. The molecular formula is C21H14N2O4S2. The molecule has 6 nitrogen and oxygen atoms in total. The number of rotatable bonds is 2. The maximum atomic E-state index is 13.2. The van der Waals surface area contributed by atoms with Gasteiger partial charge in [0.05, 0.1) is 21.9 Å². The van der Waals surface area contributed by atoms with Crippen molar-refractivity contribution in [3.63, 3.8) is 0 Å². The molecule has 2 aliphatic rings. The summed E-state index contributed by atoms with van der Waals surface area (Å²) in [5, 5.41) is 0. The number of para-hydroxylation sites is 1. The molecule has 144 valence electrons. The number of nitrogens with zero attached hydrogens (tertiary/aromatic N) is 2. The van der Waals surface area contributed by atoms with Crippen LogP contribution in [-0.4, -0.2) is 27.8 Å². The summed E-state index contributed by atoms with van der Waals surface area (Å²) in [4.78, 5) is 52.3. The van der Waals surface area contributed by atoms with Crippen LogP contribution in [0.2, 0.25) is 0 Å². The molecule has 3 amide bonds. The highest BCUT2D eigenvalue weighted by Crippen LogP contribution is 2.45. The first kappa shape index (κ1) is 19.2. The smallest absolute Gasteiger partial charge is 0.271 e. The first-order valence-corrected chi connectivity index (χ1v) is 9.89. The second kappa shape index (κ2) is 7.06. The molecule has 2 aliphatic heterocycles. The van der Waals surface area contributed by atoms with E-state index in [9.17, 15) is 19.2 Å². The molecule has 0 spiro atoms. The highest BCUT2D eigenvalue weighted by Gasteiger charge is 2.43. The summed E-state index contributed by atoms with van der Waals surface area (Å²) in [5.41, 5.74) is 2.19. The number of thiocarbonyl (C=S) groups is 1. The zero-order valence-corrected chi connectivity index (χ0v) is 17.1. The Kier molecular flexibility index (Phi) is 4.68. The number of ketones is 1. The van der Waals surface area contributed by atoms with Gasteiger partial charge in [-0.3, -0.25) is 24.1 Å². The number of hydrogen-bond acceptors (Lipinski definition) is 6. The number of fused-ring (bicyclic) bond motifs is 1. The van der Waals surface area contributed by atoms with Crippen molar-refractivity contribution in [1.29, 1.82) is 0 Å². The number of Topliss-reactive ketones (excluding diaryl/α,β-unsaturated/α-hetero) is 1. The number of carbonyl (C=O) groups excluding carboxylic acids is 4. The summed E-state index contributed by atoms with van der Waals surface area (Å²) < 4.78 is 0.277. The van der Waals surface area contributed by atoms with E-state index >= 15 is 0 Å². The minimum Gasteiger partial charge on any atom is -0.295 e. The van der Waals surface area contributed by atoms with Crippen LogP contribution in [0.3, 0.4) is 0 Å². The Morgan fingerprint density at radius 3 is 2.21 bits per heavy atom. The van der Waals surface area contributed by atoms with E-state index in [1.54, 1.807) is 48.5 Å². The third-order valence-corrected chi connectivity index (χ3v) is 6.05. The quantitative estimate of drug-likeness (QED) is 0.419. The normalized spacial score (nSPS) is 18.5. The largest absolute Gasteiger partial charge is 0.295 e. The van der Waals surface area contributed by atoms with Crippen LogP contribution in [0.1, 0.15) is 29.8 Å². The number of benzene rings is 2. The maximum absolute atomic E-state index is 13.2. The van der Waals surface area contributed by atoms with Gasteiger partial charge >= 0.3 is 0 Å². The summed E-state index contributed by atoms with van der Waals surface area (Å²) in [6.45, 7) is 2.77. The van der Waals surface area contributed by atoms with Crippen molar-refractivity contribution in [2.45, 2.75) is 13.8 Å². The predicted octanol–water partition coefficient (Wildman–Crippen LogP) is 3.56. The fraction of sp³-hybridized carbons (Fsp3) is 0.0952. The van der Waals surface area contributed by atoms with Crippen molar-refractivity contribution < 1.29 is 19.2 Å². The lowest BCUT2D eigenvalue weighted by Gasteiger charge is -2.15. The Balaban J connectivity index is 1.81. The lowest BCUT2D eigenvalue weighted by molar-refractivity contribution is -0.122. The number of imide groups is 1. The number of carbonyl (C=O) groups is 4. The first-order chi connectivity index (χ1) is 13.8. The van der Waals surface area contributed by atoms with E-state index < -0.39 is 17.7 Å². The van der Waals surface area contributed by atoms with Crippen molar-refractivity contribution in [1.82, 2.24) is 0 Å². The van der Waals surface area contributed by atoms with E-state index in [0.29, 0.717) is 22.5 Å². The van der Waals surface area contributed by atoms with Gasteiger partial charge in [0.15, 0.2) is 10.1 Å². The lowest BCUT2D eigenvalue weighted by atomic mass is 10.1. The van der Waals surface area contributed by atoms with Gasteiger partial charge in [0.2, 0.25) is 5.91 Å². The predicted molar refractivity (Wildman–Crippen MR) is 116 cm³/mol. The Bertz CT molecular complexity index is 1150. The van der Waals surface area contributed by atoms with E-state index in [1.807, 2.05) is 0 Å². The van der Waals surface area contributed by atoms with Gasteiger partial charge in [0.25, 0.3) is 11.8 Å². The Morgan fingerprint density at radius 1 is 0.931 bits per heavy atom. The maximum Gasteiger partial charge on any atom is 0.271 e. The molecule has 0 atom stereocenters. The van der Waals surface area contributed by atoms with Crippen molar-refractivity contribution in [3.8, 4) is 0 Å². The molecule has 1 fully saturated rings. The van der Waals surface area contributed by atoms with Gasteiger partial charge in [-0.2, -0.15) is 0 Å². The summed E-state index contributed by atoms with van der Waals surface area (Å²) in [7, 11) is 0. The Hall–Kier alpha value is -3.10. The number of hydrogen-bond donors (Lipinski definition) is 0. The van der Waals surface area contributed by atoms with Gasteiger partial charge in [-0.1, -0.05) is 42.2 Å². The molecule has 0 aliphatic carbocycles. The average molecular weight is 422 g/mol. The summed E-state index contributed by atoms with van der Waals surface area (Å²) in [6.07, 6.45) is 0. The van der Waals surface area contributed by atoms with E-state index in [2.05, 4.69) is 0 Å². The fourth-order valence-electron chi connectivity index (χ4n) is 3.34. The third-order valence-electron chi connectivity index (χ3n) is 4.67. The SMILES string of the molecule is CC(=O)c1ccc(N2C(=O)/C(=C3/C(=O)N(C(C)=O)c4ccccc43)SC2=S)cc1. The molecule has 1 saturated heterocycles. The van der Waals surface area contributed by atoms with Crippen LogP contribution in [0.5, 0.6) is 0 Å². The van der Waals surface area contributed by atoms with Gasteiger partial charge in [0.1, 0.15) is 0 Å². The molecule has 2 aromatic carbocycles. The lowest BCUT2D eigenvalue weighted by Crippen LogP contribution is -2.32. The Morgan fingerprint density at radius 2 is 1.59 bits per heavy atom. The zero-order valence-electron chi connectivity index (χ0n) is 15.5. The van der Waals surface area contributed by atoms with E-state index in [4.69, 9.17) is 12.2 Å². The number of thioether (sulfide) groups is 1. The molecule has 0 bridgehead atoms. The molecular weight excluding hydrogens is 408 g/mol. The second-order valence-corrected chi connectivity index (χ2v) is 8.14. The van der Waals surface area contributed by atoms with Gasteiger partial charge in [-0.25, -0.2) is 4.90 Å². The molecule has 2 aromatic rings. The van der Waals surface area contributed by atoms with Crippen molar-refractivity contribution in [2.24, 2.45) is 0 Å². The number of anilines is 2. The minimum absolute atomic E-state index is 0.0819. The summed E-state index contributed by atoms with van der Waals surface area (Å²) in [5.74, 6) is -1.47. The Labute approximate surface area is 176 Å². The van der Waals surface area contributed by atoms with E-state index in [0.717, 1.165) is 16.7 Å². The average Bonchev–Trinajstić information content (AvgIpc) is 3.14. The summed E-state index contributed by atoms with van der Waals surface area (Å²) in [6, 6.07) is 13.4. The second-order valence-electron chi connectivity index (χ2n) is 6.49. The van der Waals surface area contributed by atoms with E-state index in [-0.39, 0.29) is 20.6 Å². The topological polar surface area (TPSA) is 74.8 Å². The van der Waals surface area contributed by atoms with Crippen LogP contribution >= 0.6 is 24.0 Å². The van der Waals surface area contributed by atoms with Crippen molar-refractivity contribution >= 4 is 68.8 Å². The van der Waals surface area contributed by atoms with Gasteiger partial charge < -0.3 is 0 Å². The van der Waals surface area contributed by atoms with E-state index in [1.165, 1.54) is 18.7 Å². The fourth-order valence-corrected chi connectivity index (χ4v) is 4.71. The van der Waals surface area contributed by atoms with Crippen LogP contribution in [0.25, 0.3) is 5.57 Å². The van der Waals surface area contributed by atoms with Gasteiger partial charge in [-0.15, -0.1) is 0 Å². The highest BCUT2D eigenvalue weighted by atomic mass is 32.2. The minimum atomic E-state index is -0.536. The molecule has 2 heterocycles. The van der Waals surface area contributed by atoms with Crippen molar-refractivity contribution in [3.05, 3.63) is 64.6 Å². The monoisotopic (exact) mass is 422 g/mol. The van der Waals surface area contributed by atoms with Crippen LogP contribution < -0.4 is 9.80 Å².